The van der Waals surface area contributed by atoms with Crippen LogP contribution in [0.5, 0.6) is 5.75 Å². The molecular formula is C14H23NO3S. The molecule has 0 heterocycles. The van der Waals surface area contributed by atoms with Crippen molar-refractivity contribution < 1.29 is 13.2 Å². The van der Waals surface area contributed by atoms with Crippen LogP contribution in [0.2, 0.25) is 0 Å². The number of hydrogen-bond donors (Lipinski definition) is 1. The zero-order chi connectivity index (χ0) is 14.3. The quantitative estimate of drug-likeness (QED) is 0.795. The van der Waals surface area contributed by atoms with Crippen LogP contribution in [0, 0.1) is 0 Å². The lowest BCUT2D eigenvalue weighted by atomic mass is 10.1. The van der Waals surface area contributed by atoms with Gasteiger partial charge in [0.1, 0.15) is 5.75 Å². The summed E-state index contributed by atoms with van der Waals surface area (Å²) in [7, 11) is 0.380. The summed E-state index contributed by atoms with van der Waals surface area (Å²) in [5.41, 5.74) is 0.961. The Morgan fingerprint density at radius 1 is 1.26 bits per heavy atom. The lowest BCUT2D eigenvalue weighted by Gasteiger charge is -2.17. The molecule has 1 unspecified atom stereocenters. The molecule has 1 rings (SSSR count). The van der Waals surface area contributed by atoms with E-state index >= 15 is 0 Å². The molecule has 1 atom stereocenters. The smallest absolute Gasteiger partial charge is 0.152 e. The van der Waals surface area contributed by atoms with Crippen LogP contribution in [0.3, 0.4) is 0 Å². The monoisotopic (exact) mass is 285 g/mol. The number of methoxy groups -OCH3 is 1. The molecule has 0 bridgehead atoms. The van der Waals surface area contributed by atoms with Crippen molar-refractivity contribution in [2.24, 2.45) is 0 Å². The largest absolute Gasteiger partial charge is 0.497 e. The van der Waals surface area contributed by atoms with Gasteiger partial charge in [-0.2, -0.15) is 0 Å². The van der Waals surface area contributed by atoms with Crippen LogP contribution in [0.15, 0.2) is 24.3 Å². The third-order valence-electron chi connectivity index (χ3n) is 3.10. The molecule has 0 spiro atoms. The summed E-state index contributed by atoms with van der Waals surface area (Å²) < 4.78 is 29.1. The maximum absolute atomic E-state index is 12.0. The fraction of sp³-hybridized carbons (Fsp3) is 0.571. The van der Waals surface area contributed by atoms with E-state index < -0.39 is 9.84 Å². The molecule has 0 aliphatic rings. The predicted molar refractivity (Wildman–Crippen MR) is 78.4 cm³/mol. The van der Waals surface area contributed by atoms with Gasteiger partial charge in [0.25, 0.3) is 0 Å². The van der Waals surface area contributed by atoms with Gasteiger partial charge >= 0.3 is 0 Å². The highest BCUT2D eigenvalue weighted by Gasteiger charge is 2.19. The van der Waals surface area contributed by atoms with Gasteiger partial charge in [-0.25, -0.2) is 8.42 Å². The van der Waals surface area contributed by atoms with Gasteiger partial charge < -0.3 is 10.1 Å². The van der Waals surface area contributed by atoms with E-state index in [4.69, 9.17) is 4.74 Å². The van der Waals surface area contributed by atoms with E-state index in [1.54, 1.807) is 14.2 Å². The molecule has 108 valence electrons. The topological polar surface area (TPSA) is 55.4 Å². The second kappa shape index (κ2) is 7.50. The highest BCUT2D eigenvalue weighted by molar-refractivity contribution is 7.91. The number of rotatable bonds is 8. The standard InChI is InChI=1S/C14H23NO3S/c1-4-5-10-19(16,17)11-14(15-2)12-6-8-13(18-3)9-7-12/h6-9,14-15H,4-5,10-11H2,1-3H3. The van der Waals surface area contributed by atoms with E-state index in [0.29, 0.717) is 0 Å². The van der Waals surface area contributed by atoms with Gasteiger partial charge in [0.05, 0.1) is 18.6 Å². The number of unbranched alkanes of at least 4 members (excludes halogenated alkanes) is 1. The van der Waals surface area contributed by atoms with Gasteiger partial charge in [-0.3, -0.25) is 0 Å². The molecule has 1 aromatic rings. The first-order chi connectivity index (χ1) is 9.02. The minimum Gasteiger partial charge on any atom is -0.497 e. The second-order valence-electron chi connectivity index (χ2n) is 4.58. The zero-order valence-electron chi connectivity index (χ0n) is 11.8. The van der Waals surface area contributed by atoms with Crippen molar-refractivity contribution in [1.29, 1.82) is 0 Å². The lowest BCUT2D eigenvalue weighted by Crippen LogP contribution is -2.26. The summed E-state index contributed by atoms with van der Waals surface area (Å²) in [6.45, 7) is 1.99. The Labute approximate surface area is 116 Å². The van der Waals surface area contributed by atoms with Gasteiger partial charge in [-0.05, 0) is 31.2 Å². The van der Waals surface area contributed by atoms with Gasteiger partial charge in [0.15, 0.2) is 9.84 Å². The number of ether oxygens (including phenoxy) is 1. The Balaban J connectivity index is 2.77. The molecule has 5 heteroatoms. The molecule has 0 aliphatic carbocycles. The van der Waals surface area contributed by atoms with Crippen LogP contribution >= 0.6 is 0 Å². The average Bonchev–Trinajstić information content (AvgIpc) is 2.43. The Bertz CT molecular complexity index is 468. The molecule has 19 heavy (non-hydrogen) atoms. The van der Waals surface area contributed by atoms with Crippen LogP contribution in [0.1, 0.15) is 31.4 Å². The van der Waals surface area contributed by atoms with Crippen molar-refractivity contribution >= 4 is 9.84 Å². The fourth-order valence-corrected chi connectivity index (χ4v) is 3.65. The summed E-state index contributed by atoms with van der Waals surface area (Å²) >= 11 is 0. The van der Waals surface area contributed by atoms with Crippen molar-refractivity contribution in [2.75, 3.05) is 25.7 Å². The highest BCUT2D eigenvalue weighted by atomic mass is 32.2. The number of hydrogen-bond acceptors (Lipinski definition) is 4. The summed E-state index contributed by atoms with van der Waals surface area (Å²) in [4.78, 5) is 0. The van der Waals surface area contributed by atoms with Crippen molar-refractivity contribution in [1.82, 2.24) is 5.32 Å². The molecular weight excluding hydrogens is 262 g/mol. The van der Waals surface area contributed by atoms with Gasteiger partial charge in [0, 0.05) is 6.04 Å². The summed E-state index contributed by atoms with van der Waals surface area (Å²) in [6, 6.07) is 7.31. The molecule has 0 fully saturated rings. The van der Waals surface area contributed by atoms with Gasteiger partial charge in [-0.1, -0.05) is 25.5 Å². The maximum atomic E-state index is 12.0. The van der Waals surface area contributed by atoms with Crippen LogP contribution in [-0.2, 0) is 9.84 Å². The maximum Gasteiger partial charge on any atom is 0.152 e. The Hall–Kier alpha value is -1.07. The molecule has 1 aromatic carbocycles. The van der Waals surface area contributed by atoms with Crippen molar-refractivity contribution in [3.63, 3.8) is 0 Å². The molecule has 0 saturated carbocycles. The third kappa shape index (κ3) is 5.20. The van der Waals surface area contributed by atoms with E-state index in [-0.39, 0.29) is 17.5 Å². The van der Waals surface area contributed by atoms with Crippen LogP contribution in [-0.4, -0.2) is 34.1 Å². The molecule has 0 aliphatic heterocycles. The van der Waals surface area contributed by atoms with Crippen molar-refractivity contribution in [2.45, 2.75) is 25.8 Å². The molecule has 1 N–H and O–H groups in total. The van der Waals surface area contributed by atoms with Crippen LogP contribution < -0.4 is 10.1 Å². The normalized spacial score (nSPS) is 13.2. The third-order valence-corrected chi connectivity index (χ3v) is 4.85. The first-order valence-corrected chi connectivity index (χ1v) is 8.36. The van der Waals surface area contributed by atoms with E-state index in [2.05, 4.69) is 5.32 Å². The average molecular weight is 285 g/mol. The van der Waals surface area contributed by atoms with Crippen molar-refractivity contribution in [3.8, 4) is 5.75 Å². The minimum atomic E-state index is -3.01. The van der Waals surface area contributed by atoms with E-state index in [0.717, 1.165) is 24.2 Å². The number of nitrogens with one attached hydrogen (secondary N) is 1. The fourth-order valence-electron chi connectivity index (χ4n) is 1.88. The molecule has 0 amide bonds. The van der Waals surface area contributed by atoms with Gasteiger partial charge in [-0.15, -0.1) is 0 Å². The first-order valence-electron chi connectivity index (χ1n) is 6.54. The van der Waals surface area contributed by atoms with Crippen molar-refractivity contribution in [3.05, 3.63) is 29.8 Å². The number of sulfone groups is 1. The molecule has 0 aromatic heterocycles. The predicted octanol–water partition coefficient (Wildman–Crippen LogP) is 2.17. The second-order valence-corrected chi connectivity index (χ2v) is 6.81. The summed E-state index contributed by atoms with van der Waals surface area (Å²) in [5, 5.41) is 3.07. The highest BCUT2D eigenvalue weighted by Crippen LogP contribution is 2.19. The summed E-state index contributed by atoms with van der Waals surface area (Å²) in [5.74, 6) is 1.17. The first kappa shape index (κ1) is 16.0. The summed E-state index contributed by atoms with van der Waals surface area (Å²) in [6.07, 6.45) is 1.62. The van der Waals surface area contributed by atoms with E-state index in [9.17, 15) is 8.42 Å². The Morgan fingerprint density at radius 3 is 2.37 bits per heavy atom. The Morgan fingerprint density at radius 2 is 1.89 bits per heavy atom. The van der Waals surface area contributed by atoms with E-state index in [1.807, 2.05) is 31.2 Å². The lowest BCUT2D eigenvalue weighted by molar-refractivity contribution is 0.414. The molecule has 0 radical (unpaired) electrons. The number of benzene rings is 1. The molecule has 4 nitrogen and oxygen atoms in total. The van der Waals surface area contributed by atoms with E-state index in [1.165, 1.54) is 0 Å². The zero-order valence-corrected chi connectivity index (χ0v) is 12.7. The SMILES string of the molecule is CCCCS(=O)(=O)CC(NC)c1ccc(OC)cc1. The Kier molecular flexibility index (Phi) is 6.31. The van der Waals surface area contributed by atoms with Gasteiger partial charge in [0.2, 0.25) is 0 Å². The minimum absolute atomic E-state index is 0.135. The molecule has 0 saturated heterocycles. The van der Waals surface area contributed by atoms with Crippen LogP contribution in [0.4, 0.5) is 0 Å². The van der Waals surface area contributed by atoms with Crippen LogP contribution in [0.25, 0.3) is 0 Å².